The highest BCUT2D eigenvalue weighted by atomic mass is 35.5. The van der Waals surface area contributed by atoms with Crippen LogP contribution in [0.25, 0.3) is 10.9 Å². The van der Waals surface area contributed by atoms with E-state index >= 15 is 0 Å². The Morgan fingerprint density at radius 2 is 2.07 bits per heavy atom. The minimum absolute atomic E-state index is 0.0259. The highest BCUT2D eigenvalue weighted by Crippen LogP contribution is 2.40. The Kier molecular flexibility index (Phi) is 5.14. The van der Waals surface area contributed by atoms with E-state index in [-0.39, 0.29) is 29.9 Å². The largest absolute Gasteiger partial charge is 0.467 e. The SMILES string of the molecule is Fc1c(Cl)ncc2c(OCC(F)(F)F)nc(OC[C@@]34CCCN3C[C@H](F)C4)nc12. The van der Waals surface area contributed by atoms with Gasteiger partial charge in [-0.2, -0.15) is 23.1 Å². The number of fused-ring (bicyclic) bond motifs is 2. The molecule has 0 saturated carbocycles. The molecule has 2 fully saturated rings. The molecule has 2 saturated heterocycles. The Labute approximate surface area is 167 Å². The first kappa shape index (κ1) is 20.3. The summed E-state index contributed by atoms with van der Waals surface area (Å²) >= 11 is 5.65. The molecule has 2 aromatic heterocycles. The number of nitrogens with zero attached hydrogens (tertiary/aromatic N) is 4. The van der Waals surface area contributed by atoms with Gasteiger partial charge in [0.15, 0.2) is 17.6 Å². The van der Waals surface area contributed by atoms with Crippen LogP contribution in [0.1, 0.15) is 19.3 Å². The minimum Gasteiger partial charge on any atom is -0.467 e. The maximum absolute atomic E-state index is 14.4. The molecule has 2 aliphatic heterocycles. The molecule has 0 amide bonds. The van der Waals surface area contributed by atoms with Crippen LogP contribution in [0.4, 0.5) is 22.0 Å². The Balaban J connectivity index is 1.64. The summed E-state index contributed by atoms with van der Waals surface area (Å²) in [5.74, 6) is -1.56. The lowest BCUT2D eigenvalue weighted by Gasteiger charge is -2.30. The molecule has 0 bridgehead atoms. The average molecular weight is 439 g/mol. The van der Waals surface area contributed by atoms with Crippen molar-refractivity contribution in [1.82, 2.24) is 19.9 Å². The molecule has 0 spiro atoms. The molecule has 0 aromatic carbocycles. The van der Waals surface area contributed by atoms with Crippen molar-refractivity contribution in [3.8, 4) is 11.9 Å². The number of halogens is 6. The molecular formula is C17H16ClF5N4O2. The molecular weight excluding hydrogens is 423 g/mol. The van der Waals surface area contributed by atoms with E-state index in [1.54, 1.807) is 0 Å². The van der Waals surface area contributed by atoms with Crippen molar-refractivity contribution in [2.75, 3.05) is 26.3 Å². The molecule has 2 atom stereocenters. The van der Waals surface area contributed by atoms with Crippen LogP contribution >= 0.6 is 11.6 Å². The van der Waals surface area contributed by atoms with Crippen LogP contribution in [-0.2, 0) is 0 Å². The highest BCUT2D eigenvalue weighted by Gasteiger charge is 2.49. The predicted molar refractivity (Wildman–Crippen MR) is 92.4 cm³/mol. The zero-order valence-corrected chi connectivity index (χ0v) is 15.7. The second-order valence-electron chi connectivity index (χ2n) is 7.20. The molecule has 0 N–H and O–H groups in total. The monoisotopic (exact) mass is 438 g/mol. The number of hydrogen-bond acceptors (Lipinski definition) is 6. The molecule has 0 radical (unpaired) electrons. The first-order chi connectivity index (χ1) is 13.7. The standard InChI is InChI=1S/C17H16ClF5N4O2/c18-13-11(20)12-10(5-24-13)14(28-8-17(21,22)23)26-15(25-12)29-7-16-2-1-3-27(16)6-9(19)4-16/h5,9H,1-4,6-8H2/t9-,16+/m1/s1. The summed E-state index contributed by atoms with van der Waals surface area (Å²) in [6.45, 7) is -0.571. The summed E-state index contributed by atoms with van der Waals surface area (Å²) in [5, 5.41) is -0.672. The fraction of sp³-hybridized carbons (Fsp3) is 0.588. The lowest BCUT2D eigenvalue weighted by atomic mass is 9.95. The number of aromatic nitrogens is 3. The molecule has 29 heavy (non-hydrogen) atoms. The van der Waals surface area contributed by atoms with Crippen LogP contribution in [0.3, 0.4) is 0 Å². The van der Waals surface area contributed by atoms with Gasteiger partial charge in [-0.15, -0.1) is 0 Å². The molecule has 0 aliphatic carbocycles. The molecule has 0 unspecified atom stereocenters. The third-order valence-corrected chi connectivity index (χ3v) is 5.45. The van der Waals surface area contributed by atoms with Gasteiger partial charge in [0.05, 0.1) is 10.9 Å². The van der Waals surface area contributed by atoms with Gasteiger partial charge in [-0.3, -0.25) is 4.90 Å². The van der Waals surface area contributed by atoms with Gasteiger partial charge in [-0.1, -0.05) is 11.6 Å². The highest BCUT2D eigenvalue weighted by molar-refractivity contribution is 6.30. The van der Waals surface area contributed by atoms with Gasteiger partial charge in [0, 0.05) is 19.2 Å². The molecule has 12 heteroatoms. The number of alkyl halides is 4. The van der Waals surface area contributed by atoms with Crippen LogP contribution in [0.2, 0.25) is 5.15 Å². The van der Waals surface area contributed by atoms with E-state index in [4.69, 9.17) is 21.1 Å². The maximum atomic E-state index is 14.4. The zero-order valence-electron chi connectivity index (χ0n) is 15.0. The van der Waals surface area contributed by atoms with Crippen molar-refractivity contribution < 1.29 is 31.4 Å². The Hall–Kier alpha value is -2.01. The van der Waals surface area contributed by atoms with Crippen LogP contribution in [0.15, 0.2) is 6.20 Å². The minimum atomic E-state index is -4.63. The lowest BCUT2D eigenvalue weighted by molar-refractivity contribution is -0.153. The van der Waals surface area contributed by atoms with Gasteiger partial charge >= 0.3 is 12.2 Å². The summed E-state index contributed by atoms with van der Waals surface area (Å²) in [7, 11) is 0. The average Bonchev–Trinajstić information content (AvgIpc) is 3.16. The summed E-state index contributed by atoms with van der Waals surface area (Å²) < 4.78 is 76.3. The molecule has 4 rings (SSSR count). The summed E-state index contributed by atoms with van der Waals surface area (Å²) in [6.07, 6.45) is -2.71. The van der Waals surface area contributed by atoms with Gasteiger partial charge in [0.2, 0.25) is 5.88 Å². The third-order valence-electron chi connectivity index (χ3n) is 5.19. The Morgan fingerprint density at radius 1 is 1.28 bits per heavy atom. The number of ether oxygens (including phenoxy) is 2. The van der Waals surface area contributed by atoms with Crippen LogP contribution in [0, 0.1) is 5.82 Å². The quantitative estimate of drug-likeness (QED) is 0.524. The smallest absolute Gasteiger partial charge is 0.422 e. The third kappa shape index (κ3) is 4.02. The summed E-state index contributed by atoms with van der Waals surface area (Å²) in [4.78, 5) is 13.3. The van der Waals surface area contributed by atoms with Crippen LogP contribution < -0.4 is 9.47 Å². The van der Waals surface area contributed by atoms with E-state index in [0.29, 0.717) is 13.0 Å². The van der Waals surface area contributed by atoms with E-state index in [1.165, 1.54) is 0 Å². The first-order valence-corrected chi connectivity index (χ1v) is 9.28. The van der Waals surface area contributed by atoms with E-state index < -0.39 is 41.3 Å². The van der Waals surface area contributed by atoms with Crippen molar-refractivity contribution in [1.29, 1.82) is 0 Å². The fourth-order valence-corrected chi connectivity index (χ4v) is 4.10. The van der Waals surface area contributed by atoms with Gasteiger partial charge in [-0.25, -0.2) is 13.8 Å². The predicted octanol–water partition coefficient (Wildman–Crippen LogP) is 3.71. The van der Waals surface area contributed by atoms with E-state index in [9.17, 15) is 22.0 Å². The fourth-order valence-electron chi connectivity index (χ4n) is 3.96. The van der Waals surface area contributed by atoms with Crippen molar-refractivity contribution in [3.05, 3.63) is 17.2 Å². The molecule has 2 aromatic rings. The van der Waals surface area contributed by atoms with Crippen molar-refractivity contribution in [2.45, 2.75) is 37.1 Å². The van der Waals surface area contributed by atoms with Crippen LogP contribution in [0.5, 0.6) is 11.9 Å². The lowest BCUT2D eigenvalue weighted by Crippen LogP contribution is -2.43. The van der Waals surface area contributed by atoms with Gasteiger partial charge < -0.3 is 9.47 Å². The Morgan fingerprint density at radius 3 is 2.83 bits per heavy atom. The topological polar surface area (TPSA) is 60.4 Å². The van der Waals surface area contributed by atoms with E-state index in [0.717, 1.165) is 19.2 Å². The maximum Gasteiger partial charge on any atom is 0.422 e. The van der Waals surface area contributed by atoms with E-state index in [2.05, 4.69) is 15.0 Å². The molecule has 2 aliphatic rings. The molecule has 6 nitrogen and oxygen atoms in total. The van der Waals surface area contributed by atoms with Gasteiger partial charge in [0.25, 0.3) is 0 Å². The van der Waals surface area contributed by atoms with Crippen molar-refractivity contribution in [3.63, 3.8) is 0 Å². The first-order valence-electron chi connectivity index (χ1n) is 8.90. The van der Waals surface area contributed by atoms with Crippen molar-refractivity contribution >= 4 is 22.5 Å². The summed E-state index contributed by atoms with van der Waals surface area (Å²) in [5.41, 5.74) is -0.901. The number of hydrogen-bond donors (Lipinski definition) is 0. The normalized spacial score (nSPS) is 24.8. The van der Waals surface area contributed by atoms with Gasteiger partial charge in [-0.05, 0) is 19.4 Å². The van der Waals surface area contributed by atoms with Crippen molar-refractivity contribution in [2.24, 2.45) is 0 Å². The second kappa shape index (κ2) is 7.35. The second-order valence-corrected chi connectivity index (χ2v) is 7.56. The van der Waals surface area contributed by atoms with Crippen LogP contribution in [-0.4, -0.2) is 64.0 Å². The number of rotatable bonds is 5. The van der Waals surface area contributed by atoms with E-state index in [1.807, 2.05) is 4.90 Å². The molecule has 4 heterocycles. The van der Waals surface area contributed by atoms with Gasteiger partial charge in [0.1, 0.15) is 18.3 Å². The summed E-state index contributed by atoms with van der Waals surface area (Å²) in [6, 6.07) is -0.376. The Bertz CT molecular complexity index is 931. The number of pyridine rings is 1. The molecule has 158 valence electrons. The zero-order chi connectivity index (χ0) is 20.8.